The van der Waals surface area contributed by atoms with Crippen LogP contribution in [-0.2, 0) is 38.0 Å². The molecule has 2 rings (SSSR count). The molecule has 11 heteroatoms. The maximum Gasteiger partial charge on any atom is 0.305 e. The largest absolute Gasteiger partial charge is 0.463 e. The second kappa shape index (κ2) is 24.1. The molecular formula is C31H49NO10. The fourth-order valence-electron chi connectivity index (χ4n) is 4.14. The molecule has 0 aliphatic carbocycles. The van der Waals surface area contributed by atoms with Crippen molar-refractivity contribution in [2.24, 2.45) is 0 Å². The van der Waals surface area contributed by atoms with Gasteiger partial charge in [-0.3, -0.25) is 19.3 Å². The maximum atomic E-state index is 12.3. The van der Waals surface area contributed by atoms with Crippen LogP contribution in [0.5, 0.6) is 0 Å². The fraction of sp³-hybridized carbons (Fsp3) is 0.710. The highest BCUT2D eigenvalue weighted by Crippen LogP contribution is 2.21. The van der Waals surface area contributed by atoms with E-state index in [1.807, 2.05) is 0 Å². The Morgan fingerprint density at radius 2 is 0.976 bits per heavy atom. The van der Waals surface area contributed by atoms with E-state index in [9.17, 15) is 14.4 Å². The van der Waals surface area contributed by atoms with Gasteiger partial charge < -0.3 is 33.2 Å². The molecule has 0 unspecified atom stereocenters. The third-order valence-corrected chi connectivity index (χ3v) is 6.42. The van der Waals surface area contributed by atoms with E-state index in [2.05, 4.69) is 6.92 Å². The normalized spacial score (nSPS) is 12.7. The number of ether oxygens (including phenoxy) is 7. The monoisotopic (exact) mass is 595 g/mol. The predicted octanol–water partition coefficient (Wildman–Crippen LogP) is 3.68. The van der Waals surface area contributed by atoms with Gasteiger partial charge in [-0.2, -0.15) is 0 Å². The summed E-state index contributed by atoms with van der Waals surface area (Å²) in [6, 6.07) is 6.81. The average molecular weight is 596 g/mol. The quantitative estimate of drug-likeness (QED) is 0.0806. The van der Waals surface area contributed by atoms with Gasteiger partial charge in [-0.15, -0.1) is 0 Å². The van der Waals surface area contributed by atoms with Crippen molar-refractivity contribution in [2.75, 3.05) is 92.4 Å². The van der Waals surface area contributed by atoms with Crippen LogP contribution in [0, 0.1) is 0 Å². The SMILES string of the molecule is CCCCCCCCC(=O)OCCOCCOCCOCCOCCOCCOCCN1C(=O)c2ccccc2C1=O. The van der Waals surface area contributed by atoms with Crippen molar-refractivity contribution in [2.45, 2.75) is 51.9 Å². The van der Waals surface area contributed by atoms with E-state index < -0.39 is 0 Å². The van der Waals surface area contributed by atoms with Gasteiger partial charge >= 0.3 is 5.97 Å². The van der Waals surface area contributed by atoms with Crippen molar-refractivity contribution < 1.29 is 47.5 Å². The maximum absolute atomic E-state index is 12.3. The van der Waals surface area contributed by atoms with Crippen molar-refractivity contribution >= 4 is 17.8 Å². The zero-order valence-corrected chi connectivity index (χ0v) is 25.2. The van der Waals surface area contributed by atoms with E-state index in [-0.39, 0.29) is 37.5 Å². The molecule has 0 saturated carbocycles. The lowest BCUT2D eigenvalue weighted by Gasteiger charge is -2.13. The number of benzene rings is 1. The number of esters is 1. The van der Waals surface area contributed by atoms with Crippen molar-refractivity contribution in [1.82, 2.24) is 4.90 Å². The Labute approximate surface area is 250 Å². The second-order valence-corrected chi connectivity index (χ2v) is 9.72. The summed E-state index contributed by atoms with van der Waals surface area (Å²) >= 11 is 0. The van der Waals surface area contributed by atoms with Crippen molar-refractivity contribution in [3.63, 3.8) is 0 Å². The number of unbranched alkanes of at least 4 members (excludes halogenated alkanes) is 5. The summed E-state index contributed by atoms with van der Waals surface area (Å²) in [7, 11) is 0. The van der Waals surface area contributed by atoms with Gasteiger partial charge in [0.25, 0.3) is 11.8 Å². The number of imide groups is 1. The standard InChI is InChI=1S/C31H49NO10/c1-2-3-4-5-6-7-12-29(33)42-26-25-41-24-23-40-22-21-39-20-19-38-18-17-37-16-15-36-14-13-32-30(34)27-10-8-9-11-28(27)31(32)35/h8-11H,2-7,12-26H2,1H3. The molecule has 0 fully saturated rings. The zero-order chi connectivity index (χ0) is 30.1. The molecule has 0 saturated heterocycles. The van der Waals surface area contributed by atoms with Gasteiger partial charge in [-0.05, 0) is 18.6 Å². The summed E-state index contributed by atoms with van der Waals surface area (Å²) in [5, 5.41) is 0. The van der Waals surface area contributed by atoms with E-state index in [0.717, 1.165) is 12.8 Å². The van der Waals surface area contributed by atoms with E-state index in [4.69, 9.17) is 33.2 Å². The molecule has 1 aromatic carbocycles. The Morgan fingerprint density at radius 1 is 0.571 bits per heavy atom. The first-order valence-electron chi connectivity index (χ1n) is 15.2. The molecule has 238 valence electrons. The first-order chi connectivity index (χ1) is 20.6. The molecule has 0 N–H and O–H groups in total. The Morgan fingerprint density at radius 3 is 1.45 bits per heavy atom. The van der Waals surface area contributed by atoms with Crippen LogP contribution < -0.4 is 0 Å². The molecule has 1 heterocycles. The van der Waals surface area contributed by atoms with E-state index in [1.54, 1.807) is 24.3 Å². The summed E-state index contributed by atoms with van der Waals surface area (Å²) in [6.07, 6.45) is 7.38. The number of fused-ring (bicyclic) bond motifs is 1. The highest BCUT2D eigenvalue weighted by Gasteiger charge is 2.34. The van der Waals surface area contributed by atoms with Gasteiger partial charge in [0.15, 0.2) is 0 Å². The van der Waals surface area contributed by atoms with Crippen LogP contribution >= 0.6 is 0 Å². The summed E-state index contributed by atoms with van der Waals surface area (Å²) in [5.74, 6) is -0.708. The molecule has 2 amide bonds. The van der Waals surface area contributed by atoms with Crippen LogP contribution in [0.1, 0.15) is 72.6 Å². The number of hydrogen-bond acceptors (Lipinski definition) is 10. The van der Waals surface area contributed by atoms with Gasteiger partial charge in [0.2, 0.25) is 0 Å². The smallest absolute Gasteiger partial charge is 0.305 e. The molecule has 0 bridgehead atoms. The number of carbonyl (C=O) groups is 3. The molecule has 1 aliphatic heterocycles. The lowest BCUT2D eigenvalue weighted by Crippen LogP contribution is -2.33. The Hall–Kier alpha value is -2.41. The van der Waals surface area contributed by atoms with Crippen LogP contribution in [0.25, 0.3) is 0 Å². The summed E-state index contributed by atoms with van der Waals surface area (Å²) in [5.41, 5.74) is 0.884. The third-order valence-electron chi connectivity index (χ3n) is 6.42. The van der Waals surface area contributed by atoms with E-state index in [1.165, 1.54) is 30.6 Å². The summed E-state index contributed by atoms with van der Waals surface area (Å²) in [4.78, 5) is 37.4. The second-order valence-electron chi connectivity index (χ2n) is 9.72. The fourth-order valence-corrected chi connectivity index (χ4v) is 4.14. The van der Waals surface area contributed by atoms with Crippen LogP contribution in [0.3, 0.4) is 0 Å². The van der Waals surface area contributed by atoms with Crippen LogP contribution in [0.4, 0.5) is 0 Å². The summed E-state index contributed by atoms with van der Waals surface area (Å²) < 4.78 is 37.8. The molecule has 0 radical (unpaired) electrons. The third kappa shape index (κ3) is 15.7. The number of nitrogens with zero attached hydrogens (tertiary/aromatic N) is 1. The van der Waals surface area contributed by atoms with Crippen LogP contribution in [0.15, 0.2) is 24.3 Å². The van der Waals surface area contributed by atoms with E-state index >= 15 is 0 Å². The van der Waals surface area contributed by atoms with Gasteiger partial charge in [-0.25, -0.2) is 0 Å². The molecule has 42 heavy (non-hydrogen) atoms. The molecule has 0 atom stereocenters. The van der Waals surface area contributed by atoms with Crippen LogP contribution in [0.2, 0.25) is 0 Å². The molecule has 0 spiro atoms. The summed E-state index contributed by atoms with van der Waals surface area (Å²) in [6.45, 7) is 7.70. The van der Waals surface area contributed by atoms with E-state index in [0.29, 0.717) is 90.2 Å². The topological polar surface area (TPSA) is 119 Å². The first-order valence-corrected chi connectivity index (χ1v) is 15.2. The van der Waals surface area contributed by atoms with Gasteiger partial charge in [-0.1, -0.05) is 51.2 Å². The Bertz CT molecular complexity index is 846. The lowest BCUT2D eigenvalue weighted by atomic mass is 10.1. The number of carbonyl (C=O) groups excluding carboxylic acids is 3. The molecular weight excluding hydrogens is 546 g/mol. The van der Waals surface area contributed by atoms with Crippen molar-refractivity contribution in [3.8, 4) is 0 Å². The van der Waals surface area contributed by atoms with Gasteiger partial charge in [0, 0.05) is 6.42 Å². The molecule has 1 aromatic rings. The molecule has 0 aromatic heterocycles. The van der Waals surface area contributed by atoms with Crippen molar-refractivity contribution in [3.05, 3.63) is 35.4 Å². The highest BCUT2D eigenvalue weighted by molar-refractivity contribution is 6.21. The van der Waals surface area contributed by atoms with Gasteiger partial charge in [0.05, 0.1) is 97.0 Å². The number of amides is 2. The minimum Gasteiger partial charge on any atom is -0.463 e. The number of hydrogen-bond donors (Lipinski definition) is 0. The lowest BCUT2D eigenvalue weighted by molar-refractivity contribution is -0.145. The van der Waals surface area contributed by atoms with Crippen LogP contribution in [-0.4, -0.2) is 115 Å². The Balaban J connectivity index is 1.23. The average Bonchev–Trinajstić information content (AvgIpc) is 3.24. The van der Waals surface area contributed by atoms with Gasteiger partial charge in [0.1, 0.15) is 6.61 Å². The Kier molecular flexibility index (Phi) is 20.5. The highest BCUT2D eigenvalue weighted by atomic mass is 16.6. The minimum atomic E-state index is -0.278. The minimum absolute atomic E-state index is 0.152. The molecule has 11 nitrogen and oxygen atoms in total. The molecule has 1 aliphatic rings. The predicted molar refractivity (Wildman–Crippen MR) is 156 cm³/mol. The first kappa shape index (κ1) is 35.8. The van der Waals surface area contributed by atoms with Crippen molar-refractivity contribution in [1.29, 1.82) is 0 Å². The number of rotatable bonds is 28. The zero-order valence-electron chi connectivity index (χ0n) is 25.2.